The summed E-state index contributed by atoms with van der Waals surface area (Å²) in [6.45, 7) is 8.96. The first kappa shape index (κ1) is 23.9. The molecule has 0 N–H and O–H groups in total. The predicted molar refractivity (Wildman–Crippen MR) is 102 cm³/mol. The molecule has 0 bridgehead atoms. The molecule has 4 heteroatoms. The van der Waals surface area contributed by atoms with Gasteiger partial charge in [-0.1, -0.05) is 85.0 Å². The molecular formula is C21H40O4. The second-order valence-corrected chi connectivity index (χ2v) is 7.74. The summed E-state index contributed by atoms with van der Waals surface area (Å²) in [5.74, 6) is -2.06. The van der Waals surface area contributed by atoms with E-state index in [1.165, 1.54) is 57.8 Å². The molecule has 0 aliphatic rings. The lowest BCUT2D eigenvalue weighted by Gasteiger charge is -2.25. The van der Waals surface area contributed by atoms with Crippen molar-refractivity contribution in [3.8, 4) is 0 Å². The van der Waals surface area contributed by atoms with E-state index in [0.29, 0.717) is 6.42 Å². The maximum absolute atomic E-state index is 11.9. The van der Waals surface area contributed by atoms with Crippen LogP contribution in [0.15, 0.2) is 0 Å². The van der Waals surface area contributed by atoms with Crippen molar-refractivity contribution in [2.75, 3.05) is 0 Å². The molecule has 148 valence electrons. The lowest BCUT2D eigenvalue weighted by molar-refractivity contribution is -0.218. The molecule has 0 saturated carbocycles. The van der Waals surface area contributed by atoms with E-state index in [1.807, 2.05) is 0 Å². The Morgan fingerprint density at radius 1 is 0.760 bits per heavy atom. The van der Waals surface area contributed by atoms with Crippen LogP contribution in [0.3, 0.4) is 0 Å². The van der Waals surface area contributed by atoms with Crippen molar-refractivity contribution in [1.82, 2.24) is 0 Å². The predicted octanol–water partition coefficient (Wildman–Crippen LogP) is 6.17. The highest BCUT2D eigenvalue weighted by Gasteiger charge is 2.28. The van der Waals surface area contributed by atoms with E-state index in [9.17, 15) is 9.59 Å². The van der Waals surface area contributed by atoms with Crippen molar-refractivity contribution in [3.05, 3.63) is 0 Å². The average Bonchev–Trinajstić information content (AvgIpc) is 2.51. The third-order valence-electron chi connectivity index (χ3n) is 4.16. The Balaban J connectivity index is 3.59. The van der Waals surface area contributed by atoms with Crippen LogP contribution in [0.4, 0.5) is 0 Å². The van der Waals surface area contributed by atoms with Gasteiger partial charge in [0.05, 0.1) is 5.92 Å². The molecule has 0 atom stereocenters. The second-order valence-electron chi connectivity index (χ2n) is 7.74. The van der Waals surface area contributed by atoms with Crippen LogP contribution in [0, 0.1) is 5.92 Å². The van der Waals surface area contributed by atoms with Crippen LogP contribution in [-0.4, -0.2) is 17.7 Å². The zero-order valence-electron chi connectivity index (χ0n) is 17.2. The van der Waals surface area contributed by atoms with Gasteiger partial charge in [0, 0.05) is 20.3 Å². The van der Waals surface area contributed by atoms with Crippen LogP contribution in [0.2, 0.25) is 0 Å². The molecule has 0 spiro atoms. The number of esters is 2. The fourth-order valence-corrected chi connectivity index (χ4v) is 2.64. The van der Waals surface area contributed by atoms with Crippen LogP contribution in [0.1, 0.15) is 112 Å². The third-order valence-corrected chi connectivity index (χ3v) is 4.16. The molecule has 0 aliphatic heterocycles. The number of hydrogen-bond donors (Lipinski definition) is 0. The van der Waals surface area contributed by atoms with E-state index in [-0.39, 0.29) is 17.9 Å². The van der Waals surface area contributed by atoms with E-state index in [1.54, 1.807) is 27.7 Å². The van der Waals surface area contributed by atoms with Gasteiger partial charge in [-0.2, -0.15) is 0 Å². The molecule has 0 aliphatic carbocycles. The highest BCUT2D eigenvalue weighted by atomic mass is 16.7. The van der Waals surface area contributed by atoms with E-state index in [0.717, 1.165) is 12.8 Å². The van der Waals surface area contributed by atoms with Gasteiger partial charge in [0.2, 0.25) is 0 Å². The van der Waals surface area contributed by atoms with Gasteiger partial charge in [0.25, 0.3) is 5.79 Å². The number of ether oxygens (including phenoxy) is 2. The van der Waals surface area contributed by atoms with E-state index >= 15 is 0 Å². The van der Waals surface area contributed by atoms with Gasteiger partial charge in [-0.25, -0.2) is 0 Å². The first-order valence-corrected chi connectivity index (χ1v) is 10.2. The van der Waals surface area contributed by atoms with Crippen molar-refractivity contribution in [2.45, 2.75) is 117 Å². The van der Waals surface area contributed by atoms with Gasteiger partial charge >= 0.3 is 11.9 Å². The first-order valence-electron chi connectivity index (χ1n) is 10.2. The van der Waals surface area contributed by atoms with E-state index < -0.39 is 5.79 Å². The van der Waals surface area contributed by atoms with Gasteiger partial charge in [0.1, 0.15) is 0 Å². The van der Waals surface area contributed by atoms with Gasteiger partial charge in [0.15, 0.2) is 0 Å². The zero-order chi connectivity index (χ0) is 19.1. The SMILES string of the molecule is CCCCCCCCCCCCCC(=O)OC(C)(C)OC(=O)C(C)C. The molecule has 4 nitrogen and oxygen atoms in total. The maximum atomic E-state index is 11.9. The van der Waals surface area contributed by atoms with Gasteiger partial charge < -0.3 is 9.47 Å². The molecular weight excluding hydrogens is 316 g/mol. The third kappa shape index (κ3) is 14.9. The molecule has 0 radical (unpaired) electrons. The Kier molecular flexibility index (Phi) is 13.5. The van der Waals surface area contributed by atoms with Crippen LogP contribution < -0.4 is 0 Å². The van der Waals surface area contributed by atoms with Crippen molar-refractivity contribution >= 4 is 11.9 Å². The van der Waals surface area contributed by atoms with Crippen molar-refractivity contribution in [2.24, 2.45) is 5.92 Å². The monoisotopic (exact) mass is 356 g/mol. The fraction of sp³-hybridized carbons (Fsp3) is 0.905. The van der Waals surface area contributed by atoms with Crippen LogP contribution in [0.5, 0.6) is 0 Å². The summed E-state index contributed by atoms with van der Waals surface area (Å²) in [6.07, 6.45) is 14.1. The largest absolute Gasteiger partial charge is 0.423 e. The van der Waals surface area contributed by atoms with Crippen molar-refractivity contribution in [3.63, 3.8) is 0 Å². The van der Waals surface area contributed by atoms with Gasteiger partial charge in [-0.3, -0.25) is 9.59 Å². The Morgan fingerprint density at radius 3 is 1.64 bits per heavy atom. The summed E-state index contributed by atoms with van der Waals surface area (Å²) in [5, 5.41) is 0. The summed E-state index contributed by atoms with van der Waals surface area (Å²) in [5.41, 5.74) is 0. The smallest absolute Gasteiger partial charge is 0.311 e. The Labute approximate surface area is 155 Å². The molecule has 0 unspecified atom stereocenters. The number of unbranched alkanes of at least 4 members (excludes halogenated alkanes) is 10. The molecule has 25 heavy (non-hydrogen) atoms. The summed E-state index contributed by atoms with van der Waals surface area (Å²) < 4.78 is 10.5. The second kappa shape index (κ2) is 14.1. The average molecular weight is 357 g/mol. The first-order chi connectivity index (χ1) is 11.8. The van der Waals surface area contributed by atoms with Gasteiger partial charge in [-0.05, 0) is 6.42 Å². The standard InChI is InChI=1S/C21H40O4/c1-6-7-8-9-10-11-12-13-14-15-16-17-19(22)24-21(4,5)25-20(23)18(2)3/h18H,6-17H2,1-5H3. The summed E-state index contributed by atoms with van der Waals surface area (Å²) in [7, 11) is 0. The van der Waals surface area contributed by atoms with Gasteiger partial charge in [-0.15, -0.1) is 0 Å². The summed E-state index contributed by atoms with van der Waals surface area (Å²) >= 11 is 0. The number of carbonyl (C=O) groups is 2. The van der Waals surface area contributed by atoms with E-state index in [4.69, 9.17) is 9.47 Å². The molecule has 0 aromatic rings. The molecule has 0 heterocycles. The lowest BCUT2D eigenvalue weighted by Crippen LogP contribution is -2.35. The van der Waals surface area contributed by atoms with Crippen LogP contribution in [-0.2, 0) is 19.1 Å². The summed E-state index contributed by atoms with van der Waals surface area (Å²) in [4.78, 5) is 23.4. The molecule has 0 aromatic heterocycles. The molecule has 0 saturated heterocycles. The van der Waals surface area contributed by atoms with Crippen molar-refractivity contribution in [1.29, 1.82) is 0 Å². The quantitative estimate of drug-likeness (QED) is 0.200. The molecule has 0 aromatic carbocycles. The zero-order valence-corrected chi connectivity index (χ0v) is 17.2. The topological polar surface area (TPSA) is 52.6 Å². The Morgan fingerprint density at radius 2 is 1.20 bits per heavy atom. The van der Waals surface area contributed by atoms with Crippen LogP contribution >= 0.6 is 0 Å². The van der Waals surface area contributed by atoms with Crippen LogP contribution in [0.25, 0.3) is 0 Å². The minimum absolute atomic E-state index is 0.232. The Hall–Kier alpha value is -1.06. The molecule has 0 rings (SSSR count). The van der Waals surface area contributed by atoms with Crippen molar-refractivity contribution < 1.29 is 19.1 Å². The fourth-order valence-electron chi connectivity index (χ4n) is 2.64. The normalized spacial score (nSPS) is 11.6. The van der Waals surface area contributed by atoms with E-state index in [2.05, 4.69) is 6.92 Å². The Bertz CT molecular complexity index is 361. The number of hydrogen-bond acceptors (Lipinski definition) is 4. The number of carbonyl (C=O) groups excluding carboxylic acids is 2. The molecule has 0 amide bonds. The highest BCUT2D eigenvalue weighted by Crippen LogP contribution is 2.17. The molecule has 0 fully saturated rings. The number of rotatable bonds is 15. The maximum Gasteiger partial charge on any atom is 0.311 e. The lowest BCUT2D eigenvalue weighted by atomic mass is 10.1. The minimum atomic E-state index is -1.18. The highest BCUT2D eigenvalue weighted by molar-refractivity contribution is 5.73. The summed E-state index contributed by atoms with van der Waals surface area (Å²) in [6, 6.07) is 0. The minimum Gasteiger partial charge on any atom is -0.423 e.